The van der Waals surface area contributed by atoms with E-state index in [1.807, 2.05) is 0 Å². The molecular weight excluding hydrogens is 318 g/mol. The SMILES string of the molecule is O=C(c1ncc(Cl)cc1Cl)c1ncc(Cl)cc1Cl. The summed E-state index contributed by atoms with van der Waals surface area (Å²) in [7, 11) is 0. The largest absolute Gasteiger partial charge is 0.285 e. The molecule has 0 N–H and O–H groups in total. The fourth-order valence-corrected chi connectivity index (χ4v) is 2.21. The summed E-state index contributed by atoms with van der Waals surface area (Å²) in [5, 5.41) is 0.957. The summed E-state index contributed by atoms with van der Waals surface area (Å²) in [6.45, 7) is 0. The number of rotatable bonds is 2. The van der Waals surface area contributed by atoms with Crippen molar-refractivity contribution in [1.29, 1.82) is 0 Å². The maximum Gasteiger partial charge on any atom is 0.232 e. The van der Waals surface area contributed by atoms with Crippen LogP contribution in [0.5, 0.6) is 0 Å². The van der Waals surface area contributed by atoms with Gasteiger partial charge in [0.1, 0.15) is 11.4 Å². The Balaban J connectivity index is 2.48. The van der Waals surface area contributed by atoms with Crippen molar-refractivity contribution in [1.82, 2.24) is 9.97 Å². The van der Waals surface area contributed by atoms with Crippen LogP contribution in [-0.2, 0) is 0 Å². The van der Waals surface area contributed by atoms with E-state index >= 15 is 0 Å². The maximum absolute atomic E-state index is 12.1. The molecule has 7 heteroatoms. The van der Waals surface area contributed by atoms with Gasteiger partial charge in [-0.3, -0.25) is 4.79 Å². The van der Waals surface area contributed by atoms with E-state index < -0.39 is 5.78 Å². The van der Waals surface area contributed by atoms with Crippen molar-refractivity contribution < 1.29 is 4.79 Å². The number of pyridine rings is 2. The highest BCUT2D eigenvalue weighted by atomic mass is 35.5. The third-order valence-corrected chi connectivity index (χ3v) is 3.04. The minimum absolute atomic E-state index is 0.0396. The van der Waals surface area contributed by atoms with Gasteiger partial charge in [0.2, 0.25) is 5.78 Å². The van der Waals surface area contributed by atoms with Crippen molar-refractivity contribution in [3.8, 4) is 0 Å². The lowest BCUT2D eigenvalue weighted by Crippen LogP contribution is -2.08. The zero-order valence-electron chi connectivity index (χ0n) is 8.62. The molecule has 0 spiro atoms. The van der Waals surface area contributed by atoms with Crippen LogP contribution in [0.2, 0.25) is 20.1 Å². The van der Waals surface area contributed by atoms with E-state index in [2.05, 4.69) is 9.97 Å². The second-order valence-electron chi connectivity index (χ2n) is 3.30. The van der Waals surface area contributed by atoms with Gasteiger partial charge in [-0.15, -0.1) is 0 Å². The van der Waals surface area contributed by atoms with Crippen LogP contribution < -0.4 is 0 Å². The summed E-state index contributed by atoms with van der Waals surface area (Å²) < 4.78 is 0. The van der Waals surface area contributed by atoms with Gasteiger partial charge in [-0.25, -0.2) is 9.97 Å². The third kappa shape index (κ3) is 2.75. The fraction of sp³-hybridized carbons (Fsp3) is 0. The van der Waals surface area contributed by atoms with Gasteiger partial charge < -0.3 is 0 Å². The number of ketones is 1. The van der Waals surface area contributed by atoms with E-state index in [1.54, 1.807) is 0 Å². The minimum atomic E-state index is -0.488. The average molecular weight is 322 g/mol. The first kappa shape index (κ1) is 13.6. The molecule has 2 heterocycles. The van der Waals surface area contributed by atoms with Crippen LogP contribution in [0.1, 0.15) is 16.2 Å². The third-order valence-electron chi connectivity index (χ3n) is 2.05. The smallest absolute Gasteiger partial charge is 0.232 e. The van der Waals surface area contributed by atoms with E-state index in [0.29, 0.717) is 10.0 Å². The lowest BCUT2D eigenvalue weighted by Gasteiger charge is -2.04. The van der Waals surface area contributed by atoms with Crippen molar-refractivity contribution in [2.45, 2.75) is 0 Å². The molecule has 3 nitrogen and oxygen atoms in total. The zero-order chi connectivity index (χ0) is 13.3. The van der Waals surface area contributed by atoms with Crippen LogP contribution in [0.4, 0.5) is 0 Å². The molecule has 0 aromatic carbocycles. The molecule has 0 aliphatic carbocycles. The summed E-state index contributed by atoms with van der Waals surface area (Å²) in [4.78, 5) is 19.9. The fourth-order valence-electron chi connectivity index (χ4n) is 1.28. The second kappa shape index (κ2) is 5.41. The number of nitrogens with zero attached hydrogens (tertiary/aromatic N) is 2. The van der Waals surface area contributed by atoms with Gasteiger partial charge in [-0.1, -0.05) is 46.4 Å². The molecule has 18 heavy (non-hydrogen) atoms. The summed E-state index contributed by atoms with van der Waals surface area (Å²) in [6, 6.07) is 2.85. The quantitative estimate of drug-likeness (QED) is 0.773. The lowest BCUT2D eigenvalue weighted by molar-refractivity contribution is 0.103. The normalized spacial score (nSPS) is 10.4. The van der Waals surface area contributed by atoms with Gasteiger partial charge in [0.05, 0.1) is 20.1 Å². The molecule has 0 saturated heterocycles. The van der Waals surface area contributed by atoms with Crippen molar-refractivity contribution in [3.05, 3.63) is 56.0 Å². The Morgan fingerprint density at radius 2 is 1.22 bits per heavy atom. The van der Waals surface area contributed by atoms with Gasteiger partial charge in [0.25, 0.3) is 0 Å². The molecule has 2 aromatic rings. The van der Waals surface area contributed by atoms with Gasteiger partial charge >= 0.3 is 0 Å². The summed E-state index contributed by atoms with van der Waals surface area (Å²) in [5.74, 6) is -0.488. The number of aromatic nitrogens is 2. The number of carbonyl (C=O) groups is 1. The molecule has 0 fully saturated rings. The van der Waals surface area contributed by atoms with Crippen molar-refractivity contribution in [2.24, 2.45) is 0 Å². The van der Waals surface area contributed by atoms with Crippen LogP contribution in [0.25, 0.3) is 0 Å². The van der Waals surface area contributed by atoms with E-state index in [9.17, 15) is 4.79 Å². The molecule has 0 aliphatic heterocycles. The monoisotopic (exact) mass is 320 g/mol. The number of hydrogen-bond donors (Lipinski definition) is 0. The Bertz CT molecular complexity index is 577. The minimum Gasteiger partial charge on any atom is -0.285 e. The zero-order valence-corrected chi connectivity index (χ0v) is 11.6. The molecule has 0 bridgehead atoms. The van der Waals surface area contributed by atoms with Crippen LogP contribution in [0, 0.1) is 0 Å². The van der Waals surface area contributed by atoms with Crippen molar-refractivity contribution in [2.75, 3.05) is 0 Å². The molecular formula is C11H4Cl4N2O. The molecule has 0 unspecified atom stereocenters. The van der Waals surface area contributed by atoms with Gasteiger partial charge in [-0.2, -0.15) is 0 Å². The number of halogens is 4. The molecule has 0 saturated carbocycles. The first-order valence-corrected chi connectivity index (χ1v) is 6.17. The van der Waals surface area contributed by atoms with Crippen molar-refractivity contribution in [3.63, 3.8) is 0 Å². The van der Waals surface area contributed by atoms with Crippen LogP contribution in [0.15, 0.2) is 24.5 Å². The first-order valence-electron chi connectivity index (χ1n) is 4.66. The Kier molecular flexibility index (Phi) is 4.07. The van der Waals surface area contributed by atoms with E-state index in [-0.39, 0.29) is 21.4 Å². The standard InChI is InChI=1S/C11H4Cl4N2O/c12-5-1-7(14)9(16-3-5)11(18)10-8(15)2-6(13)4-17-10/h1-4H. The molecule has 0 atom stereocenters. The number of hydrogen-bond acceptors (Lipinski definition) is 3. The lowest BCUT2D eigenvalue weighted by atomic mass is 10.2. The second-order valence-corrected chi connectivity index (χ2v) is 4.98. The topological polar surface area (TPSA) is 42.9 Å². The predicted octanol–water partition coefficient (Wildman–Crippen LogP) is 4.32. The molecule has 0 amide bonds. The van der Waals surface area contributed by atoms with E-state index in [0.717, 1.165) is 0 Å². The highest BCUT2D eigenvalue weighted by molar-refractivity contribution is 6.39. The maximum atomic E-state index is 12.1. The summed E-state index contributed by atoms with van der Waals surface area (Å²) in [6.07, 6.45) is 2.65. The highest BCUT2D eigenvalue weighted by Gasteiger charge is 2.19. The van der Waals surface area contributed by atoms with Crippen LogP contribution in [0.3, 0.4) is 0 Å². The van der Waals surface area contributed by atoms with Crippen LogP contribution >= 0.6 is 46.4 Å². The van der Waals surface area contributed by atoms with Gasteiger partial charge in [0.15, 0.2) is 0 Å². The Hall–Kier alpha value is -0.870. The van der Waals surface area contributed by atoms with E-state index in [1.165, 1.54) is 24.5 Å². The number of carbonyl (C=O) groups excluding carboxylic acids is 1. The summed E-state index contributed by atoms with van der Waals surface area (Å²) >= 11 is 23.2. The van der Waals surface area contributed by atoms with Crippen molar-refractivity contribution >= 4 is 52.2 Å². The van der Waals surface area contributed by atoms with Gasteiger partial charge in [-0.05, 0) is 12.1 Å². The molecule has 2 rings (SSSR count). The predicted molar refractivity (Wildman–Crippen MR) is 71.9 cm³/mol. The van der Waals surface area contributed by atoms with Gasteiger partial charge in [0, 0.05) is 12.4 Å². The Morgan fingerprint density at radius 1 is 0.833 bits per heavy atom. The highest BCUT2D eigenvalue weighted by Crippen LogP contribution is 2.24. The first-order chi connectivity index (χ1) is 8.49. The Labute approximate surface area is 123 Å². The summed E-state index contributed by atoms with van der Waals surface area (Å²) in [5.41, 5.74) is 0.0792. The average Bonchev–Trinajstić information content (AvgIpc) is 2.28. The molecule has 0 aliphatic rings. The van der Waals surface area contributed by atoms with E-state index in [4.69, 9.17) is 46.4 Å². The molecule has 2 aromatic heterocycles. The Morgan fingerprint density at radius 3 is 1.56 bits per heavy atom. The molecule has 0 radical (unpaired) electrons. The van der Waals surface area contributed by atoms with Crippen LogP contribution in [-0.4, -0.2) is 15.8 Å². The molecule has 92 valence electrons.